The summed E-state index contributed by atoms with van der Waals surface area (Å²) in [5.74, 6) is 0. The van der Waals surface area contributed by atoms with E-state index in [1.165, 1.54) is 16.8 Å². The minimum absolute atomic E-state index is 0. The number of benzene rings is 2. The molecule has 3 rings (SSSR count). The van der Waals surface area contributed by atoms with Crippen molar-refractivity contribution in [2.24, 2.45) is 0 Å². The average Bonchev–Trinajstić information content (AvgIpc) is 2.84. The molecule has 1 heterocycles. The maximum Gasteiger partial charge on any atom is 0.106 e. The molecule has 0 aliphatic carbocycles. The van der Waals surface area contributed by atoms with Crippen LogP contribution in [0.5, 0.6) is 0 Å². The van der Waals surface area contributed by atoms with Gasteiger partial charge in [-0.2, -0.15) is 0 Å². The van der Waals surface area contributed by atoms with Crippen LogP contribution in [-0.4, -0.2) is 30.2 Å². The van der Waals surface area contributed by atoms with Crippen molar-refractivity contribution < 1.29 is 28.5 Å². The Balaban J connectivity index is 0.00000243. The number of halogens is 3. The number of hydrogen-bond acceptors (Lipinski definition) is 0. The molecule has 5 heteroatoms. The van der Waals surface area contributed by atoms with Crippen molar-refractivity contribution in [3.8, 4) is 16.9 Å². The van der Waals surface area contributed by atoms with E-state index in [1.54, 1.807) is 6.07 Å². The number of nitrogens with zero attached hydrogens (tertiary/aromatic N) is 2. The van der Waals surface area contributed by atoms with Gasteiger partial charge in [0.05, 0.1) is 37.5 Å². The Morgan fingerprint density at radius 2 is 1.58 bits per heavy atom. The van der Waals surface area contributed by atoms with Crippen LogP contribution in [0.1, 0.15) is 11.3 Å². The second-order valence-electron chi connectivity index (χ2n) is 7.39. The normalized spacial score (nSPS) is 11.3. The first-order chi connectivity index (χ1) is 11.8. The maximum absolute atomic E-state index is 6.53. The van der Waals surface area contributed by atoms with Gasteiger partial charge in [0.15, 0.2) is 0 Å². The highest BCUT2D eigenvalue weighted by Gasteiger charge is 2.20. The van der Waals surface area contributed by atoms with Crippen LogP contribution >= 0.6 is 23.2 Å². The van der Waals surface area contributed by atoms with Gasteiger partial charge < -0.3 is 33.0 Å². The second-order valence-corrected chi connectivity index (χ2v) is 8.23. The van der Waals surface area contributed by atoms with Crippen LogP contribution in [0.3, 0.4) is 0 Å². The smallest absolute Gasteiger partial charge is 0.106 e. The van der Waals surface area contributed by atoms with E-state index in [2.05, 4.69) is 63.0 Å². The van der Waals surface area contributed by atoms with E-state index in [0.717, 1.165) is 22.4 Å². The van der Waals surface area contributed by atoms with E-state index in [4.69, 9.17) is 23.2 Å². The molecule has 0 aliphatic heterocycles. The molecule has 0 radical (unpaired) electrons. The van der Waals surface area contributed by atoms with Gasteiger partial charge in [-0.1, -0.05) is 53.5 Å². The lowest BCUT2D eigenvalue weighted by Gasteiger charge is -2.24. The Bertz CT molecular complexity index is 896. The molecule has 138 valence electrons. The summed E-state index contributed by atoms with van der Waals surface area (Å²) in [5.41, 5.74) is 5.79. The summed E-state index contributed by atoms with van der Waals surface area (Å²) < 4.78 is 3.10. The van der Waals surface area contributed by atoms with Crippen molar-refractivity contribution in [1.82, 2.24) is 4.57 Å². The molecule has 0 N–H and O–H groups in total. The highest BCUT2D eigenvalue weighted by molar-refractivity contribution is 6.35. The quantitative estimate of drug-likeness (QED) is 0.383. The summed E-state index contributed by atoms with van der Waals surface area (Å²) in [6, 6.07) is 18.4. The molecule has 0 saturated heterocycles. The first kappa shape index (κ1) is 21.3. The highest BCUT2D eigenvalue weighted by atomic mass is 127. The molecule has 0 amide bonds. The Morgan fingerprint density at radius 1 is 0.923 bits per heavy atom. The van der Waals surface area contributed by atoms with Crippen LogP contribution in [0.4, 0.5) is 0 Å². The van der Waals surface area contributed by atoms with E-state index in [1.807, 2.05) is 18.2 Å². The summed E-state index contributed by atoms with van der Waals surface area (Å²) in [6.45, 7) is 3.10. The van der Waals surface area contributed by atoms with Crippen LogP contribution in [0.15, 0.2) is 54.6 Å². The molecule has 0 spiro atoms. The summed E-state index contributed by atoms with van der Waals surface area (Å²) in [6.07, 6.45) is 0. The van der Waals surface area contributed by atoms with Gasteiger partial charge >= 0.3 is 0 Å². The van der Waals surface area contributed by atoms with Crippen LogP contribution in [-0.2, 0) is 6.54 Å². The molecule has 26 heavy (non-hydrogen) atoms. The maximum atomic E-state index is 6.53. The Labute approximate surface area is 183 Å². The Morgan fingerprint density at radius 3 is 2.15 bits per heavy atom. The van der Waals surface area contributed by atoms with Crippen molar-refractivity contribution in [3.63, 3.8) is 0 Å². The highest BCUT2D eigenvalue weighted by Crippen LogP contribution is 2.34. The van der Waals surface area contributed by atoms with Gasteiger partial charge in [-0.3, -0.25) is 0 Å². The molecule has 2 aromatic carbocycles. The lowest BCUT2D eigenvalue weighted by Crippen LogP contribution is -3.00. The summed E-state index contributed by atoms with van der Waals surface area (Å²) >= 11 is 12.6. The summed E-state index contributed by atoms with van der Waals surface area (Å²) in [4.78, 5) is 0. The molecular formula is C21H23Cl2IN2. The molecule has 2 nitrogen and oxygen atoms in total. The average molecular weight is 501 g/mol. The van der Waals surface area contributed by atoms with Crippen molar-refractivity contribution in [3.05, 3.63) is 75.9 Å². The molecular weight excluding hydrogens is 478 g/mol. The van der Waals surface area contributed by atoms with Crippen LogP contribution in [0, 0.1) is 6.92 Å². The summed E-state index contributed by atoms with van der Waals surface area (Å²) in [5, 5.41) is 1.30. The molecule has 0 fully saturated rings. The lowest BCUT2D eigenvalue weighted by molar-refractivity contribution is -0.884. The van der Waals surface area contributed by atoms with Crippen molar-refractivity contribution in [2.75, 3.05) is 21.1 Å². The first-order valence-corrected chi connectivity index (χ1v) is 9.04. The van der Waals surface area contributed by atoms with Crippen LogP contribution in [0.25, 0.3) is 16.9 Å². The minimum Gasteiger partial charge on any atom is -1.00 e. The number of quaternary nitrogens is 1. The fourth-order valence-electron chi connectivity index (χ4n) is 3.12. The molecule has 0 atom stereocenters. The first-order valence-electron chi connectivity index (χ1n) is 8.29. The third kappa shape index (κ3) is 4.63. The number of hydrogen-bond donors (Lipinski definition) is 0. The topological polar surface area (TPSA) is 4.93 Å². The van der Waals surface area contributed by atoms with Gasteiger partial charge in [0.25, 0.3) is 0 Å². The molecule has 0 bridgehead atoms. The van der Waals surface area contributed by atoms with Crippen molar-refractivity contribution in [2.45, 2.75) is 13.5 Å². The zero-order chi connectivity index (χ0) is 18.2. The van der Waals surface area contributed by atoms with Crippen LogP contribution < -0.4 is 24.0 Å². The molecule has 1 aromatic heterocycles. The SMILES string of the molecule is Cc1c(C[N+](C)(C)C)cc(-c2ccccc2)n1-c1ccc(Cl)cc1Cl.[I-]. The van der Waals surface area contributed by atoms with E-state index < -0.39 is 0 Å². The monoisotopic (exact) mass is 500 g/mol. The predicted molar refractivity (Wildman–Crippen MR) is 108 cm³/mol. The number of aromatic nitrogens is 1. The Kier molecular flexibility index (Phi) is 6.83. The van der Waals surface area contributed by atoms with Gasteiger partial charge in [0.2, 0.25) is 0 Å². The zero-order valence-electron chi connectivity index (χ0n) is 15.4. The largest absolute Gasteiger partial charge is 1.00 e. The minimum atomic E-state index is 0. The fraction of sp³-hybridized carbons (Fsp3) is 0.238. The van der Waals surface area contributed by atoms with Crippen LogP contribution in [0.2, 0.25) is 10.0 Å². The van der Waals surface area contributed by atoms with Gasteiger partial charge in [-0.05, 0) is 36.8 Å². The molecule has 0 unspecified atom stereocenters. The second kappa shape index (κ2) is 8.34. The van der Waals surface area contributed by atoms with Crippen molar-refractivity contribution in [1.29, 1.82) is 0 Å². The predicted octanol–water partition coefficient (Wildman–Crippen LogP) is 2.97. The van der Waals surface area contributed by atoms with Gasteiger partial charge in [0.1, 0.15) is 6.54 Å². The molecule has 3 aromatic rings. The van der Waals surface area contributed by atoms with E-state index in [9.17, 15) is 0 Å². The standard InChI is InChI=1S/C21H23Cl2N2.HI/c1-15-17(14-25(2,3)4)12-21(16-8-6-5-7-9-16)24(15)20-11-10-18(22)13-19(20)23;/h5-13H,14H2,1-4H3;1H/q+1;/p-1. The molecule has 0 aliphatic rings. The van der Waals surface area contributed by atoms with Gasteiger partial charge in [-0.15, -0.1) is 0 Å². The van der Waals surface area contributed by atoms with E-state index >= 15 is 0 Å². The third-order valence-electron chi connectivity index (χ3n) is 4.22. The van der Waals surface area contributed by atoms with Gasteiger partial charge in [0, 0.05) is 16.3 Å². The molecule has 0 saturated carbocycles. The third-order valence-corrected chi connectivity index (χ3v) is 4.75. The Hall–Kier alpha value is -1.01. The van der Waals surface area contributed by atoms with Crippen molar-refractivity contribution >= 4 is 23.2 Å². The van der Waals surface area contributed by atoms with E-state index in [0.29, 0.717) is 10.0 Å². The summed E-state index contributed by atoms with van der Waals surface area (Å²) in [7, 11) is 6.61. The van der Waals surface area contributed by atoms with E-state index in [-0.39, 0.29) is 24.0 Å². The lowest BCUT2D eigenvalue weighted by atomic mass is 10.1. The zero-order valence-corrected chi connectivity index (χ0v) is 19.1. The number of rotatable bonds is 4. The van der Waals surface area contributed by atoms with Gasteiger partial charge in [-0.25, -0.2) is 0 Å². The fourth-order valence-corrected chi connectivity index (χ4v) is 3.62.